The standard InChI is InChI=1S/C31H33ClN4O5/c1-20(2)17-35(30(38)22-7-6-8-25(15-22)39-3)19-29(37)34-31-33-26(21-9-11-23(32)12-10-21)18-36(31)24-13-14-27(40-4)28(16-24)41-5/h6-16,18,20H,17,19H2,1-5H3,(H,33,34,37). The lowest BCUT2D eigenvalue weighted by atomic mass is 10.1. The third-order valence-corrected chi connectivity index (χ3v) is 6.52. The minimum atomic E-state index is -0.392. The molecule has 10 heteroatoms. The summed E-state index contributed by atoms with van der Waals surface area (Å²) in [4.78, 5) is 33.1. The monoisotopic (exact) mass is 576 g/mol. The molecule has 0 bridgehead atoms. The Morgan fingerprint density at radius 1 is 0.951 bits per heavy atom. The Hall–Kier alpha value is -4.50. The highest BCUT2D eigenvalue weighted by Gasteiger charge is 2.22. The van der Waals surface area contributed by atoms with E-state index in [1.54, 1.807) is 74.4 Å². The number of benzene rings is 3. The number of anilines is 1. The van der Waals surface area contributed by atoms with Gasteiger partial charge in [0, 0.05) is 35.0 Å². The SMILES string of the molecule is COc1cccc(C(=O)N(CC(=O)Nc2nc(-c3ccc(Cl)cc3)cn2-c2ccc(OC)c(OC)c2)CC(C)C)c1. The van der Waals surface area contributed by atoms with Crippen molar-refractivity contribution in [1.29, 1.82) is 0 Å². The minimum absolute atomic E-state index is 0.141. The van der Waals surface area contributed by atoms with Gasteiger partial charge in [0.2, 0.25) is 11.9 Å². The molecule has 0 saturated heterocycles. The third kappa shape index (κ3) is 7.18. The van der Waals surface area contributed by atoms with E-state index in [1.165, 1.54) is 4.90 Å². The lowest BCUT2D eigenvalue weighted by Crippen LogP contribution is -2.40. The van der Waals surface area contributed by atoms with E-state index in [0.29, 0.717) is 45.8 Å². The molecule has 0 saturated carbocycles. The Balaban J connectivity index is 1.66. The minimum Gasteiger partial charge on any atom is -0.497 e. The lowest BCUT2D eigenvalue weighted by molar-refractivity contribution is -0.117. The van der Waals surface area contributed by atoms with Gasteiger partial charge in [0.15, 0.2) is 11.5 Å². The zero-order chi connectivity index (χ0) is 29.5. The molecule has 1 aromatic heterocycles. The summed E-state index contributed by atoms with van der Waals surface area (Å²) in [6.07, 6.45) is 1.81. The number of methoxy groups -OCH3 is 3. The van der Waals surface area contributed by atoms with Crippen LogP contribution in [0.3, 0.4) is 0 Å². The quantitative estimate of drug-likeness (QED) is 0.237. The lowest BCUT2D eigenvalue weighted by Gasteiger charge is -2.24. The number of carbonyl (C=O) groups is 2. The van der Waals surface area contributed by atoms with Crippen LogP contribution in [-0.4, -0.2) is 60.7 Å². The largest absolute Gasteiger partial charge is 0.497 e. The predicted octanol–water partition coefficient (Wildman–Crippen LogP) is 5.96. The molecule has 1 heterocycles. The van der Waals surface area contributed by atoms with Crippen LogP contribution in [0.15, 0.2) is 72.9 Å². The molecule has 0 aliphatic heterocycles. The fourth-order valence-corrected chi connectivity index (χ4v) is 4.46. The number of rotatable bonds is 11. The van der Waals surface area contributed by atoms with Crippen LogP contribution in [0.2, 0.25) is 5.02 Å². The van der Waals surface area contributed by atoms with Gasteiger partial charge in [0.05, 0.1) is 32.7 Å². The third-order valence-electron chi connectivity index (χ3n) is 6.27. The second-order valence-electron chi connectivity index (χ2n) is 9.73. The first-order valence-electron chi connectivity index (χ1n) is 13.0. The van der Waals surface area contributed by atoms with Gasteiger partial charge < -0.3 is 19.1 Å². The maximum Gasteiger partial charge on any atom is 0.254 e. The second-order valence-corrected chi connectivity index (χ2v) is 10.2. The molecule has 0 aliphatic rings. The summed E-state index contributed by atoms with van der Waals surface area (Å²) < 4.78 is 17.9. The first-order valence-corrected chi connectivity index (χ1v) is 13.4. The molecule has 3 aromatic carbocycles. The fourth-order valence-electron chi connectivity index (χ4n) is 4.34. The topological polar surface area (TPSA) is 94.9 Å². The summed E-state index contributed by atoms with van der Waals surface area (Å²) in [7, 11) is 4.66. The van der Waals surface area contributed by atoms with Crippen LogP contribution in [0.1, 0.15) is 24.2 Å². The average molecular weight is 577 g/mol. The van der Waals surface area contributed by atoms with Crippen molar-refractivity contribution in [2.45, 2.75) is 13.8 Å². The van der Waals surface area contributed by atoms with Crippen LogP contribution in [0.4, 0.5) is 5.95 Å². The number of hydrogen-bond donors (Lipinski definition) is 1. The smallest absolute Gasteiger partial charge is 0.254 e. The van der Waals surface area contributed by atoms with Gasteiger partial charge >= 0.3 is 0 Å². The van der Waals surface area contributed by atoms with E-state index in [2.05, 4.69) is 5.32 Å². The van der Waals surface area contributed by atoms with Crippen molar-refractivity contribution in [3.05, 3.63) is 83.5 Å². The van der Waals surface area contributed by atoms with Gasteiger partial charge in [-0.15, -0.1) is 0 Å². The highest BCUT2D eigenvalue weighted by atomic mass is 35.5. The maximum absolute atomic E-state index is 13.4. The van der Waals surface area contributed by atoms with Gasteiger partial charge in [-0.2, -0.15) is 0 Å². The van der Waals surface area contributed by atoms with Crippen molar-refractivity contribution in [3.8, 4) is 34.2 Å². The zero-order valence-electron chi connectivity index (χ0n) is 23.7. The molecule has 0 spiro atoms. The van der Waals surface area contributed by atoms with Gasteiger partial charge in [-0.1, -0.05) is 43.6 Å². The van der Waals surface area contributed by atoms with Crippen molar-refractivity contribution in [1.82, 2.24) is 14.5 Å². The molecule has 9 nitrogen and oxygen atoms in total. The first kappa shape index (κ1) is 29.5. The molecular weight excluding hydrogens is 544 g/mol. The molecule has 0 atom stereocenters. The number of nitrogens with one attached hydrogen (secondary N) is 1. The number of imidazole rings is 1. The van der Waals surface area contributed by atoms with E-state index in [-0.39, 0.29) is 24.3 Å². The van der Waals surface area contributed by atoms with Crippen molar-refractivity contribution in [3.63, 3.8) is 0 Å². The van der Waals surface area contributed by atoms with E-state index in [4.69, 9.17) is 30.8 Å². The highest BCUT2D eigenvalue weighted by Crippen LogP contribution is 2.32. The highest BCUT2D eigenvalue weighted by molar-refractivity contribution is 6.30. The molecule has 4 aromatic rings. The fraction of sp³-hybridized carbons (Fsp3) is 0.258. The maximum atomic E-state index is 13.4. The van der Waals surface area contributed by atoms with Gasteiger partial charge in [0.25, 0.3) is 5.91 Å². The Labute approximate surface area is 244 Å². The van der Waals surface area contributed by atoms with E-state index in [0.717, 1.165) is 5.56 Å². The molecule has 41 heavy (non-hydrogen) atoms. The van der Waals surface area contributed by atoms with Crippen LogP contribution in [0.25, 0.3) is 16.9 Å². The van der Waals surface area contributed by atoms with Crippen LogP contribution in [-0.2, 0) is 4.79 Å². The summed E-state index contributed by atoms with van der Waals surface area (Å²) in [6, 6.07) is 19.5. The van der Waals surface area contributed by atoms with Crippen LogP contribution < -0.4 is 19.5 Å². The number of amides is 2. The average Bonchev–Trinajstić information content (AvgIpc) is 3.39. The molecule has 0 unspecified atom stereocenters. The van der Waals surface area contributed by atoms with Crippen molar-refractivity contribution in [2.75, 3.05) is 39.7 Å². The summed E-state index contributed by atoms with van der Waals surface area (Å²) in [5, 5.41) is 3.51. The van der Waals surface area contributed by atoms with Gasteiger partial charge in [0.1, 0.15) is 12.3 Å². The molecule has 0 radical (unpaired) electrons. The molecule has 0 aliphatic carbocycles. The normalized spacial score (nSPS) is 10.8. The zero-order valence-corrected chi connectivity index (χ0v) is 24.4. The number of halogens is 1. The summed E-state index contributed by atoms with van der Waals surface area (Å²) >= 11 is 6.09. The summed E-state index contributed by atoms with van der Waals surface area (Å²) in [5.41, 5.74) is 2.57. The summed E-state index contributed by atoms with van der Waals surface area (Å²) in [5.74, 6) is 1.43. The Morgan fingerprint density at radius 2 is 1.68 bits per heavy atom. The van der Waals surface area contributed by atoms with Gasteiger partial charge in [-0.25, -0.2) is 4.98 Å². The number of aromatic nitrogens is 2. The second kappa shape index (κ2) is 13.2. The van der Waals surface area contributed by atoms with Crippen molar-refractivity contribution in [2.24, 2.45) is 5.92 Å². The molecule has 0 fully saturated rings. The predicted molar refractivity (Wildman–Crippen MR) is 159 cm³/mol. The van der Waals surface area contributed by atoms with Crippen LogP contribution >= 0.6 is 11.6 Å². The molecule has 214 valence electrons. The van der Waals surface area contributed by atoms with Crippen LogP contribution in [0, 0.1) is 5.92 Å². The number of hydrogen-bond acceptors (Lipinski definition) is 6. The van der Waals surface area contributed by atoms with Gasteiger partial charge in [-0.3, -0.25) is 19.5 Å². The number of ether oxygens (including phenoxy) is 3. The van der Waals surface area contributed by atoms with Gasteiger partial charge in [-0.05, 0) is 48.4 Å². The van der Waals surface area contributed by atoms with Crippen molar-refractivity contribution < 1.29 is 23.8 Å². The summed E-state index contributed by atoms with van der Waals surface area (Å²) in [6.45, 7) is 4.21. The van der Waals surface area contributed by atoms with Crippen LogP contribution in [0.5, 0.6) is 17.2 Å². The number of carbonyl (C=O) groups excluding carboxylic acids is 2. The van der Waals surface area contributed by atoms with Crippen molar-refractivity contribution >= 4 is 29.4 Å². The van der Waals surface area contributed by atoms with E-state index < -0.39 is 5.91 Å². The van der Waals surface area contributed by atoms with E-state index >= 15 is 0 Å². The molecule has 2 amide bonds. The molecule has 1 N–H and O–H groups in total. The molecule has 4 rings (SSSR count). The first-order chi connectivity index (χ1) is 19.7. The Morgan fingerprint density at radius 3 is 2.34 bits per heavy atom. The van der Waals surface area contributed by atoms with E-state index in [9.17, 15) is 9.59 Å². The Bertz CT molecular complexity index is 1520. The van der Waals surface area contributed by atoms with E-state index in [1.807, 2.05) is 38.2 Å². The molecular formula is C31H33ClN4O5. The number of nitrogens with zero attached hydrogens (tertiary/aromatic N) is 3. The Kier molecular flexibility index (Phi) is 9.52.